The van der Waals surface area contributed by atoms with Crippen LogP contribution in [0.25, 0.3) is 0 Å². The van der Waals surface area contributed by atoms with Crippen molar-refractivity contribution < 1.29 is 14.8 Å². The average molecular weight is 370 g/mol. The number of aromatic hydroxyl groups is 1. The third-order valence-electron chi connectivity index (χ3n) is 4.69. The Balaban J connectivity index is 1.70. The number of nitro benzene ring substituents is 1. The van der Waals surface area contributed by atoms with Gasteiger partial charge in [-0.15, -0.1) is 0 Å². The van der Waals surface area contributed by atoms with E-state index in [4.69, 9.17) is 0 Å². The van der Waals surface area contributed by atoms with Gasteiger partial charge >= 0.3 is 0 Å². The molecule has 1 amide bonds. The van der Waals surface area contributed by atoms with Crippen LogP contribution in [0.1, 0.15) is 15.9 Å². The summed E-state index contributed by atoms with van der Waals surface area (Å²) in [6, 6.07) is 11.8. The van der Waals surface area contributed by atoms with Gasteiger partial charge in [-0.05, 0) is 29.8 Å². The zero-order chi connectivity index (χ0) is 19.4. The molecule has 1 aliphatic rings. The monoisotopic (exact) mass is 370 g/mol. The van der Waals surface area contributed by atoms with Crippen molar-refractivity contribution in [3.63, 3.8) is 0 Å². The van der Waals surface area contributed by atoms with Crippen molar-refractivity contribution in [1.82, 2.24) is 10.2 Å². The first-order valence-electron chi connectivity index (χ1n) is 8.73. The maximum atomic E-state index is 11.7. The number of benzene rings is 2. The van der Waals surface area contributed by atoms with E-state index in [-0.39, 0.29) is 22.9 Å². The average Bonchev–Trinajstić information content (AvgIpc) is 2.67. The number of rotatable bonds is 5. The molecule has 0 bridgehead atoms. The van der Waals surface area contributed by atoms with E-state index in [0.29, 0.717) is 18.8 Å². The molecule has 0 saturated carbocycles. The molecule has 8 heteroatoms. The highest BCUT2D eigenvalue weighted by molar-refractivity contribution is 5.95. The maximum Gasteiger partial charge on any atom is 0.293 e. The van der Waals surface area contributed by atoms with E-state index < -0.39 is 4.92 Å². The van der Waals surface area contributed by atoms with Crippen LogP contribution >= 0.6 is 0 Å². The molecule has 3 rings (SSSR count). The fourth-order valence-electron chi connectivity index (χ4n) is 3.28. The van der Waals surface area contributed by atoms with Crippen LogP contribution in [-0.2, 0) is 6.54 Å². The Bertz CT molecular complexity index is 847. The first-order chi connectivity index (χ1) is 13.0. The van der Waals surface area contributed by atoms with Crippen molar-refractivity contribution in [3.05, 3.63) is 63.7 Å². The third kappa shape index (κ3) is 4.35. The third-order valence-corrected chi connectivity index (χ3v) is 4.69. The van der Waals surface area contributed by atoms with Gasteiger partial charge in [-0.25, -0.2) is 0 Å². The molecule has 27 heavy (non-hydrogen) atoms. The topological polar surface area (TPSA) is 99.0 Å². The molecule has 0 radical (unpaired) electrons. The molecule has 1 aliphatic heterocycles. The molecule has 1 fully saturated rings. The molecule has 142 valence electrons. The number of nitrogens with zero attached hydrogens (tertiary/aromatic N) is 3. The predicted octanol–water partition coefficient (Wildman–Crippen LogP) is 1.98. The van der Waals surface area contributed by atoms with Gasteiger partial charge in [0.05, 0.1) is 4.92 Å². The predicted molar refractivity (Wildman–Crippen MR) is 102 cm³/mol. The highest BCUT2D eigenvalue weighted by Crippen LogP contribution is 2.30. The summed E-state index contributed by atoms with van der Waals surface area (Å²) in [5.74, 6) is -0.0986. The van der Waals surface area contributed by atoms with E-state index in [9.17, 15) is 20.0 Å². The van der Waals surface area contributed by atoms with Gasteiger partial charge in [0.25, 0.3) is 11.6 Å². The Hall–Kier alpha value is -3.13. The molecule has 8 nitrogen and oxygen atoms in total. The lowest BCUT2D eigenvalue weighted by Crippen LogP contribution is -2.46. The number of carbonyl (C=O) groups excluding carboxylic acids is 1. The maximum absolute atomic E-state index is 11.7. The Morgan fingerprint density at radius 2 is 1.93 bits per heavy atom. The molecule has 0 atom stereocenters. The first-order valence-corrected chi connectivity index (χ1v) is 8.73. The second-order valence-electron chi connectivity index (χ2n) is 6.47. The van der Waals surface area contributed by atoms with Crippen LogP contribution in [0.5, 0.6) is 5.75 Å². The number of anilines is 1. The number of hydrogen-bond donors (Lipinski definition) is 2. The van der Waals surface area contributed by atoms with Crippen molar-refractivity contribution in [1.29, 1.82) is 0 Å². The molecule has 1 heterocycles. The number of phenolic OH excluding ortho intramolecular Hbond substituents is 1. The van der Waals surface area contributed by atoms with Gasteiger partial charge in [-0.2, -0.15) is 0 Å². The number of nitro groups is 1. The van der Waals surface area contributed by atoms with Crippen molar-refractivity contribution >= 4 is 17.3 Å². The molecule has 0 aromatic heterocycles. The Morgan fingerprint density at radius 3 is 2.56 bits per heavy atom. The summed E-state index contributed by atoms with van der Waals surface area (Å²) < 4.78 is 0. The summed E-state index contributed by atoms with van der Waals surface area (Å²) in [4.78, 5) is 27.0. The summed E-state index contributed by atoms with van der Waals surface area (Å²) in [6.07, 6.45) is 0. The minimum absolute atomic E-state index is 0.0578. The SMILES string of the molecule is CNC(=O)c1ccc(N2CCN(Cc3cccc(O)c3)CC2)c([N+](=O)[O-])c1. The van der Waals surface area contributed by atoms with Crippen LogP contribution < -0.4 is 10.2 Å². The van der Waals surface area contributed by atoms with Crippen LogP contribution in [0.2, 0.25) is 0 Å². The van der Waals surface area contributed by atoms with Crippen LogP contribution in [-0.4, -0.2) is 54.1 Å². The number of hydrogen-bond acceptors (Lipinski definition) is 6. The lowest BCUT2D eigenvalue weighted by atomic mass is 10.1. The smallest absolute Gasteiger partial charge is 0.293 e. The minimum atomic E-state index is -0.444. The van der Waals surface area contributed by atoms with Gasteiger partial charge in [-0.1, -0.05) is 12.1 Å². The van der Waals surface area contributed by atoms with Crippen LogP contribution in [0.3, 0.4) is 0 Å². The summed E-state index contributed by atoms with van der Waals surface area (Å²) in [6.45, 7) is 3.53. The van der Waals surface area contributed by atoms with Gasteiger partial charge in [0.15, 0.2) is 0 Å². The second kappa shape index (κ2) is 8.05. The summed E-state index contributed by atoms with van der Waals surface area (Å²) in [5.41, 5.74) is 1.78. The summed E-state index contributed by atoms with van der Waals surface area (Å²) in [5, 5.41) is 23.5. The number of piperazine rings is 1. The molecule has 2 aromatic carbocycles. The number of amides is 1. The molecule has 2 aromatic rings. The molecule has 0 spiro atoms. The summed E-state index contributed by atoms with van der Waals surface area (Å²) >= 11 is 0. The summed E-state index contributed by atoms with van der Waals surface area (Å²) in [7, 11) is 1.49. The fourth-order valence-corrected chi connectivity index (χ4v) is 3.28. The highest BCUT2D eigenvalue weighted by atomic mass is 16.6. The fraction of sp³-hybridized carbons (Fsp3) is 0.316. The number of phenols is 1. The molecule has 2 N–H and O–H groups in total. The Labute approximate surface area is 157 Å². The van der Waals surface area contributed by atoms with Gasteiger partial charge in [0, 0.05) is 51.4 Å². The van der Waals surface area contributed by atoms with Gasteiger partial charge in [0.1, 0.15) is 11.4 Å². The van der Waals surface area contributed by atoms with E-state index in [1.807, 2.05) is 17.0 Å². The number of carbonyl (C=O) groups is 1. The largest absolute Gasteiger partial charge is 0.508 e. The number of nitrogens with one attached hydrogen (secondary N) is 1. The standard InChI is InChI=1S/C19H22N4O4/c1-20-19(25)15-5-6-17(18(12-15)23(26)27)22-9-7-21(8-10-22)13-14-3-2-4-16(24)11-14/h2-6,11-12,24H,7-10,13H2,1H3,(H,20,25). The first kappa shape index (κ1) is 18.7. The van der Waals surface area contributed by atoms with E-state index in [0.717, 1.165) is 25.2 Å². The molecular formula is C19H22N4O4. The Kier molecular flexibility index (Phi) is 5.56. The molecular weight excluding hydrogens is 348 g/mol. The molecule has 1 saturated heterocycles. The van der Waals surface area contributed by atoms with E-state index in [2.05, 4.69) is 10.2 Å². The highest BCUT2D eigenvalue weighted by Gasteiger charge is 2.25. The molecule has 0 aliphatic carbocycles. The molecule has 0 unspecified atom stereocenters. The van der Waals surface area contributed by atoms with Gasteiger partial charge < -0.3 is 15.3 Å². The van der Waals surface area contributed by atoms with Gasteiger partial charge in [0.2, 0.25) is 0 Å². The minimum Gasteiger partial charge on any atom is -0.508 e. The van der Waals surface area contributed by atoms with Crippen molar-refractivity contribution in [2.24, 2.45) is 0 Å². The zero-order valence-corrected chi connectivity index (χ0v) is 15.1. The van der Waals surface area contributed by atoms with E-state index >= 15 is 0 Å². The van der Waals surface area contributed by atoms with Crippen molar-refractivity contribution in [3.8, 4) is 5.75 Å². The van der Waals surface area contributed by atoms with E-state index in [1.54, 1.807) is 24.3 Å². The van der Waals surface area contributed by atoms with Crippen LogP contribution in [0, 0.1) is 10.1 Å². The van der Waals surface area contributed by atoms with Crippen molar-refractivity contribution in [2.45, 2.75) is 6.54 Å². The van der Waals surface area contributed by atoms with Crippen LogP contribution in [0.4, 0.5) is 11.4 Å². The lowest BCUT2D eigenvalue weighted by Gasteiger charge is -2.35. The van der Waals surface area contributed by atoms with Crippen LogP contribution in [0.15, 0.2) is 42.5 Å². The quantitative estimate of drug-likeness (QED) is 0.617. The lowest BCUT2D eigenvalue weighted by molar-refractivity contribution is -0.384. The van der Waals surface area contributed by atoms with E-state index in [1.165, 1.54) is 13.1 Å². The van der Waals surface area contributed by atoms with Crippen molar-refractivity contribution in [2.75, 3.05) is 38.1 Å². The normalized spacial score (nSPS) is 14.8. The Morgan fingerprint density at radius 1 is 1.19 bits per heavy atom. The zero-order valence-electron chi connectivity index (χ0n) is 15.1. The second-order valence-corrected chi connectivity index (χ2v) is 6.47. The van der Waals surface area contributed by atoms with Gasteiger partial charge in [-0.3, -0.25) is 19.8 Å².